The van der Waals surface area contributed by atoms with Crippen LogP contribution in [-0.4, -0.2) is 23.9 Å². The second-order valence-electron chi connectivity index (χ2n) is 4.01. The molecule has 10 heteroatoms. The monoisotopic (exact) mass is 328 g/mol. The number of nitrogens with zero attached hydrogens (tertiary/aromatic N) is 1. The first-order valence-corrected chi connectivity index (χ1v) is 6.09. The number of hydrogen-bond donors (Lipinski definition) is 1. The van der Waals surface area contributed by atoms with Crippen LogP contribution in [0.3, 0.4) is 0 Å². The van der Waals surface area contributed by atoms with Crippen LogP contribution in [0.5, 0.6) is 5.75 Å². The molecule has 0 aliphatic rings. The molecular formula is C12H13F5N2O3. The average Bonchev–Trinajstić information content (AvgIpc) is 2.38. The molecule has 0 unspecified atom stereocenters. The number of alkyl halides is 5. The summed E-state index contributed by atoms with van der Waals surface area (Å²) in [5, 5.41) is 0. The number of hydrogen-bond acceptors (Lipinski definition) is 5. The second-order valence-corrected chi connectivity index (χ2v) is 4.01. The molecule has 0 bridgehead atoms. The van der Waals surface area contributed by atoms with E-state index in [1.807, 2.05) is 0 Å². The van der Waals surface area contributed by atoms with Gasteiger partial charge >= 0.3 is 12.3 Å². The third-order valence-corrected chi connectivity index (χ3v) is 2.50. The summed E-state index contributed by atoms with van der Waals surface area (Å²) in [5.74, 6) is -1.78. The molecule has 0 aliphatic heterocycles. The zero-order valence-electron chi connectivity index (χ0n) is 11.4. The van der Waals surface area contributed by atoms with E-state index in [1.54, 1.807) is 0 Å². The van der Waals surface area contributed by atoms with Crippen LogP contribution in [0.25, 0.3) is 0 Å². The first-order chi connectivity index (χ1) is 10.2. The lowest BCUT2D eigenvalue weighted by Crippen LogP contribution is -2.22. The first-order valence-electron chi connectivity index (χ1n) is 6.09. The Hall–Kier alpha value is -1.97. The van der Waals surface area contributed by atoms with Crippen molar-refractivity contribution >= 4 is 5.97 Å². The van der Waals surface area contributed by atoms with Gasteiger partial charge in [-0.15, -0.1) is 13.2 Å². The standard InChI is InChI=1S/C12H13F5N2O3/c1-2-21-8(20)3-6-5-19-9(11(13)14)7(4-18)10(6)22-12(15,16)17/h5,11H,2-4,18H2,1H3. The van der Waals surface area contributed by atoms with E-state index in [0.29, 0.717) is 0 Å². The average molecular weight is 328 g/mol. The molecule has 0 spiro atoms. The third kappa shape index (κ3) is 4.79. The number of rotatable bonds is 6. The van der Waals surface area contributed by atoms with E-state index in [0.717, 1.165) is 6.20 Å². The zero-order chi connectivity index (χ0) is 16.9. The van der Waals surface area contributed by atoms with Gasteiger partial charge in [0.1, 0.15) is 11.4 Å². The van der Waals surface area contributed by atoms with Gasteiger partial charge in [0, 0.05) is 23.9 Å². The summed E-state index contributed by atoms with van der Waals surface area (Å²) in [4.78, 5) is 14.8. The number of aromatic nitrogens is 1. The molecule has 0 saturated heterocycles. The molecule has 0 atom stereocenters. The predicted molar refractivity (Wildman–Crippen MR) is 64.1 cm³/mol. The molecule has 1 aromatic rings. The Labute approximate surface area is 122 Å². The minimum absolute atomic E-state index is 0.0145. The van der Waals surface area contributed by atoms with Gasteiger partial charge in [-0.3, -0.25) is 9.78 Å². The van der Waals surface area contributed by atoms with Gasteiger partial charge in [-0.05, 0) is 6.92 Å². The van der Waals surface area contributed by atoms with Crippen molar-refractivity contribution in [3.63, 3.8) is 0 Å². The lowest BCUT2D eigenvalue weighted by Gasteiger charge is -2.18. The number of pyridine rings is 1. The van der Waals surface area contributed by atoms with E-state index < -0.39 is 48.7 Å². The number of carbonyl (C=O) groups excluding carboxylic acids is 1. The normalized spacial score (nSPS) is 11.6. The summed E-state index contributed by atoms with van der Waals surface area (Å²) in [5.41, 5.74) is 3.37. The summed E-state index contributed by atoms with van der Waals surface area (Å²) in [6.45, 7) is 0.865. The fourth-order valence-electron chi connectivity index (χ4n) is 1.72. The van der Waals surface area contributed by atoms with Crippen LogP contribution < -0.4 is 10.5 Å². The Morgan fingerprint density at radius 3 is 2.50 bits per heavy atom. The molecule has 0 radical (unpaired) electrons. The van der Waals surface area contributed by atoms with E-state index in [-0.39, 0.29) is 12.2 Å². The molecule has 1 rings (SSSR count). The first kappa shape index (κ1) is 18.1. The Balaban J connectivity index is 3.33. The van der Waals surface area contributed by atoms with Crippen molar-refractivity contribution < 1.29 is 36.2 Å². The van der Waals surface area contributed by atoms with Gasteiger partial charge in [-0.1, -0.05) is 0 Å². The number of esters is 1. The molecule has 1 aromatic heterocycles. The molecular weight excluding hydrogens is 315 g/mol. The van der Waals surface area contributed by atoms with Crippen LogP contribution in [-0.2, 0) is 22.5 Å². The highest BCUT2D eigenvalue weighted by molar-refractivity contribution is 5.73. The Kier molecular flexibility index (Phi) is 6.03. The third-order valence-electron chi connectivity index (χ3n) is 2.50. The topological polar surface area (TPSA) is 74.4 Å². The van der Waals surface area contributed by atoms with Gasteiger partial charge < -0.3 is 15.2 Å². The summed E-state index contributed by atoms with van der Waals surface area (Å²) in [6, 6.07) is 0. The molecule has 0 aliphatic carbocycles. The highest BCUT2D eigenvalue weighted by Gasteiger charge is 2.35. The minimum atomic E-state index is -5.13. The summed E-state index contributed by atoms with van der Waals surface area (Å²) in [6.07, 6.45) is -8.15. The van der Waals surface area contributed by atoms with E-state index >= 15 is 0 Å². The summed E-state index contributed by atoms with van der Waals surface area (Å²) >= 11 is 0. The smallest absolute Gasteiger partial charge is 0.466 e. The van der Waals surface area contributed by atoms with Crippen molar-refractivity contribution in [2.45, 2.75) is 32.7 Å². The lowest BCUT2D eigenvalue weighted by molar-refractivity contribution is -0.275. The second kappa shape index (κ2) is 7.34. The Morgan fingerprint density at radius 1 is 1.41 bits per heavy atom. The maximum absolute atomic E-state index is 12.8. The van der Waals surface area contributed by atoms with Crippen LogP contribution in [0.4, 0.5) is 22.0 Å². The van der Waals surface area contributed by atoms with E-state index in [2.05, 4.69) is 14.5 Å². The number of halogens is 5. The quantitative estimate of drug-likeness (QED) is 0.641. The van der Waals surface area contributed by atoms with Gasteiger partial charge in [-0.25, -0.2) is 8.78 Å². The summed E-state index contributed by atoms with van der Waals surface area (Å²) in [7, 11) is 0. The molecule has 0 fully saturated rings. The van der Waals surface area contributed by atoms with Crippen molar-refractivity contribution in [1.82, 2.24) is 4.98 Å². The van der Waals surface area contributed by atoms with Crippen LogP contribution in [0.1, 0.15) is 30.2 Å². The number of carbonyl (C=O) groups is 1. The van der Waals surface area contributed by atoms with Gasteiger partial charge in [0.05, 0.1) is 13.0 Å². The van der Waals surface area contributed by atoms with Crippen molar-refractivity contribution in [3.05, 3.63) is 23.0 Å². The maximum atomic E-state index is 12.8. The Bertz CT molecular complexity index is 534. The molecule has 5 nitrogen and oxygen atoms in total. The highest BCUT2D eigenvalue weighted by Crippen LogP contribution is 2.35. The maximum Gasteiger partial charge on any atom is 0.573 e. The predicted octanol–water partition coefficient (Wildman–Crippen LogP) is 2.48. The lowest BCUT2D eigenvalue weighted by atomic mass is 10.1. The fraction of sp³-hybridized carbons (Fsp3) is 0.500. The van der Waals surface area contributed by atoms with Crippen molar-refractivity contribution in [3.8, 4) is 5.75 Å². The van der Waals surface area contributed by atoms with Crippen LogP contribution in [0.2, 0.25) is 0 Å². The molecule has 0 amide bonds. The van der Waals surface area contributed by atoms with Crippen LogP contribution in [0.15, 0.2) is 6.20 Å². The SMILES string of the molecule is CCOC(=O)Cc1cnc(C(F)F)c(CN)c1OC(F)(F)F. The van der Waals surface area contributed by atoms with E-state index in [4.69, 9.17) is 5.73 Å². The van der Waals surface area contributed by atoms with E-state index in [1.165, 1.54) is 6.92 Å². The van der Waals surface area contributed by atoms with Gasteiger partial charge in [-0.2, -0.15) is 0 Å². The van der Waals surface area contributed by atoms with Crippen LogP contribution >= 0.6 is 0 Å². The number of ether oxygens (including phenoxy) is 2. The molecule has 2 N–H and O–H groups in total. The van der Waals surface area contributed by atoms with Gasteiger partial charge in [0.15, 0.2) is 0 Å². The van der Waals surface area contributed by atoms with Gasteiger partial charge in [0.2, 0.25) is 0 Å². The fourth-order valence-corrected chi connectivity index (χ4v) is 1.72. The molecule has 22 heavy (non-hydrogen) atoms. The highest BCUT2D eigenvalue weighted by atomic mass is 19.4. The minimum Gasteiger partial charge on any atom is -0.466 e. The number of nitrogens with two attached hydrogens (primary N) is 1. The molecule has 0 aromatic carbocycles. The van der Waals surface area contributed by atoms with Crippen molar-refractivity contribution in [2.24, 2.45) is 5.73 Å². The molecule has 0 saturated carbocycles. The van der Waals surface area contributed by atoms with Crippen molar-refractivity contribution in [2.75, 3.05) is 6.61 Å². The Morgan fingerprint density at radius 2 is 2.05 bits per heavy atom. The summed E-state index contributed by atoms with van der Waals surface area (Å²) < 4.78 is 71.4. The van der Waals surface area contributed by atoms with Crippen molar-refractivity contribution in [1.29, 1.82) is 0 Å². The molecule has 1 heterocycles. The zero-order valence-corrected chi connectivity index (χ0v) is 11.4. The van der Waals surface area contributed by atoms with Crippen LogP contribution in [0, 0.1) is 0 Å². The molecule has 124 valence electrons. The van der Waals surface area contributed by atoms with E-state index in [9.17, 15) is 26.7 Å². The van der Waals surface area contributed by atoms with Gasteiger partial charge in [0.25, 0.3) is 6.43 Å². The largest absolute Gasteiger partial charge is 0.573 e.